The number of aliphatic carboxylic acids is 1. The molecule has 2 atom stereocenters. The van der Waals surface area contributed by atoms with E-state index in [4.69, 9.17) is 0 Å². The Morgan fingerprint density at radius 1 is 1.58 bits per heavy atom. The van der Waals surface area contributed by atoms with Gasteiger partial charge in [-0.25, -0.2) is 9.78 Å². The zero-order chi connectivity index (χ0) is 14.0. The highest BCUT2D eigenvalue weighted by atomic mass is 32.1. The first kappa shape index (κ1) is 13.8. The fraction of sp³-hybridized carbons (Fsp3) is 0.583. The van der Waals surface area contributed by atoms with Crippen LogP contribution in [0.4, 0.5) is 5.13 Å². The first-order valence-electron chi connectivity index (χ1n) is 6.09. The number of fused-ring (bicyclic) bond motifs is 1. The van der Waals surface area contributed by atoms with Crippen LogP contribution in [0.25, 0.3) is 0 Å². The van der Waals surface area contributed by atoms with Crippen molar-refractivity contribution in [2.24, 2.45) is 0 Å². The van der Waals surface area contributed by atoms with Gasteiger partial charge in [0.25, 0.3) is 0 Å². The molecule has 1 aromatic rings. The molecule has 0 radical (unpaired) electrons. The van der Waals surface area contributed by atoms with Crippen molar-refractivity contribution >= 4 is 28.4 Å². The fourth-order valence-corrected chi connectivity index (χ4v) is 3.29. The van der Waals surface area contributed by atoms with Crippen LogP contribution in [-0.4, -0.2) is 35.2 Å². The van der Waals surface area contributed by atoms with Crippen molar-refractivity contribution in [3.8, 4) is 0 Å². The Labute approximate surface area is 114 Å². The molecule has 0 spiro atoms. The predicted octanol–water partition coefficient (Wildman–Crippen LogP) is 1.62. The molecule has 1 heterocycles. The van der Waals surface area contributed by atoms with Gasteiger partial charge in [0, 0.05) is 4.88 Å². The van der Waals surface area contributed by atoms with Gasteiger partial charge in [-0.05, 0) is 26.2 Å². The smallest absolute Gasteiger partial charge is 0.328 e. The number of anilines is 1. The Hall–Kier alpha value is -1.63. The number of methoxy groups -OCH3 is 1. The number of carboxylic acids is 1. The highest BCUT2D eigenvalue weighted by Gasteiger charge is 2.30. The summed E-state index contributed by atoms with van der Waals surface area (Å²) in [6, 6.07) is -0.499. The lowest BCUT2D eigenvalue weighted by Crippen LogP contribution is -2.27. The highest BCUT2D eigenvalue weighted by molar-refractivity contribution is 7.15. The monoisotopic (exact) mass is 284 g/mol. The van der Waals surface area contributed by atoms with Crippen molar-refractivity contribution in [1.82, 2.24) is 4.98 Å². The summed E-state index contributed by atoms with van der Waals surface area (Å²) in [4.78, 5) is 27.8. The highest BCUT2D eigenvalue weighted by Crippen LogP contribution is 2.36. The number of carboxylic acid groups (broad SMARTS) is 1. The Balaban J connectivity index is 2.17. The number of aryl methyl sites for hydroxylation is 1. The fourth-order valence-electron chi connectivity index (χ4n) is 2.14. The van der Waals surface area contributed by atoms with Crippen LogP contribution >= 0.6 is 11.3 Å². The number of aromatic nitrogens is 1. The average molecular weight is 284 g/mol. The second-order valence-electron chi connectivity index (χ2n) is 4.50. The Kier molecular flexibility index (Phi) is 4.04. The standard InChI is InChI=1S/C12H16N2O4S/c1-6(11(17)18-2)13-12-14-9-7(10(15)16)4-3-5-8(9)19-12/h6-7H,3-5H2,1-2H3,(H,13,14)(H,15,16). The van der Waals surface area contributed by atoms with Gasteiger partial charge in [-0.1, -0.05) is 0 Å². The van der Waals surface area contributed by atoms with Crippen molar-refractivity contribution in [3.05, 3.63) is 10.6 Å². The molecule has 0 amide bonds. The maximum atomic E-state index is 11.3. The second kappa shape index (κ2) is 5.56. The molecule has 1 aliphatic rings. The van der Waals surface area contributed by atoms with E-state index in [1.54, 1.807) is 6.92 Å². The summed E-state index contributed by atoms with van der Waals surface area (Å²) in [6.07, 6.45) is 2.33. The SMILES string of the molecule is COC(=O)C(C)Nc1nc2c(s1)CCCC2C(=O)O. The maximum Gasteiger partial charge on any atom is 0.328 e. The molecule has 2 N–H and O–H groups in total. The number of nitrogens with zero attached hydrogens (tertiary/aromatic N) is 1. The molecule has 1 aliphatic carbocycles. The van der Waals surface area contributed by atoms with Gasteiger partial charge in [0.1, 0.15) is 12.0 Å². The molecule has 1 aromatic heterocycles. The van der Waals surface area contributed by atoms with Crippen molar-refractivity contribution in [2.75, 3.05) is 12.4 Å². The zero-order valence-electron chi connectivity index (χ0n) is 10.8. The number of hydrogen-bond donors (Lipinski definition) is 2. The number of carbonyl (C=O) groups is 2. The van der Waals surface area contributed by atoms with Crippen molar-refractivity contribution in [3.63, 3.8) is 0 Å². The molecule has 7 heteroatoms. The van der Waals surface area contributed by atoms with Crippen molar-refractivity contribution in [2.45, 2.75) is 38.1 Å². The Morgan fingerprint density at radius 2 is 2.32 bits per heavy atom. The van der Waals surface area contributed by atoms with Crippen LogP contribution in [0, 0.1) is 0 Å². The van der Waals surface area contributed by atoms with Crippen molar-refractivity contribution < 1.29 is 19.4 Å². The first-order chi connectivity index (χ1) is 9.02. The van der Waals surface area contributed by atoms with E-state index in [0.717, 1.165) is 17.7 Å². The normalized spacial score (nSPS) is 19.4. The van der Waals surface area contributed by atoms with E-state index in [9.17, 15) is 14.7 Å². The van der Waals surface area contributed by atoms with E-state index in [1.165, 1.54) is 18.4 Å². The Bertz CT molecular complexity index is 500. The molecule has 0 bridgehead atoms. The van der Waals surface area contributed by atoms with Crippen LogP contribution in [-0.2, 0) is 20.7 Å². The topological polar surface area (TPSA) is 88.5 Å². The molecule has 0 saturated carbocycles. The minimum Gasteiger partial charge on any atom is -0.481 e. The van der Waals surface area contributed by atoms with E-state index >= 15 is 0 Å². The summed E-state index contributed by atoms with van der Waals surface area (Å²) < 4.78 is 4.63. The molecule has 104 valence electrons. The van der Waals surface area contributed by atoms with Crippen LogP contribution in [0.5, 0.6) is 0 Å². The van der Waals surface area contributed by atoms with Crippen LogP contribution in [0.3, 0.4) is 0 Å². The quantitative estimate of drug-likeness (QED) is 0.817. The lowest BCUT2D eigenvalue weighted by Gasteiger charge is -2.16. The van der Waals surface area contributed by atoms with Gasteiger partial charge in [-0.15, -0.1) is 11.3 Å². The molecule has 0 saturated heterocycles. The van der Waals surface area contributed by atoms with Crippen molar-refractivity contribution in [1.29, 1.82) is 0 Å². The van der Waals surface area contributed by atoms with Crippen LogP contribution in [0.2, 0.25) is 0 Å². The molecule has 0 aliphatic heterocycles. The maximum absolute atomic E-state index is 11.3. The summed E-state index contributed by atoms with van der Waals surface area (Å²) in [5, 5.41) is 12.7. The Morgan fingerprint density at radius 3 is 2.95 bits per heavy atom. The van der Waals surface area contributed by atoms with Crippen LogP contribution in [0.1, 0.15) is 36.3 Å². The minimum absolute atomic E-state index is 0.372. The number of hydrogen-bond acceptors (Lipinski definition) is 6. The number of ether oxygens (including phenoxy) is 1. The number of nitrogens with one attached hydrogen (secondary N) is 1. The summed E-state index contributed by atoms with van der Waals surface area (Å²) in [5.41, 5.74) is 0.642. The third-order valence-electron chi connectivity index (χ3n) is 3.15. The molecular formula is C12H16N2O4S. The van der Waals surface area contributed by atoms with Crippen LogP contribution in [0.15, 0.2) is 0 Å². The van der Waals surface area contributed by atoms with E-state index in [-0.39, 0.29) is 5.97 Å². The third kappa shape index (κ3) is 2.86. The summed E-state index contributed by atoms with van der Waals surface area (Å²) in [7, 11) is 1.33. The predicted molar refractivity (Wildman–Crippen MR) is 70.5 cm³/mol. The van der Waals surface area contributed by atoms with E-state index < -0.39 is 17.9 Å². The first-order valence-corrected chi connectivity index (χ1v) is 6.91. The molecule has 0 fully saturated rings. The number of thiazole rings is 1. The largest absolute Gasteiger partial charge is 0.481 e. The van der Waals surface area contributed by atoms with Gasteiger partial charge in [-0.3, -0.25) is 4.79 Å². The summed E-state index contributed by atoms with van der Waals surface area (Å²) in [5.74, 6) is -1.73. The summed E-state index contributed by atoms with van der Waals surface area (Å²) >= 11 is 1.42. The zero-order valence-corrected chi connectivity index (χ0v) is 11.6. The number of carbonyl (C=O) groups excluding carboxylic acids is 1. The average Bonchev–Trinajstić information content (AvgIpc) is 2.79. The molecule has 2 rings (SSSR count). The minimum atomic E-state index is -0.834. The van der Waals surface area contributed by atoms with Gasteiger partial charge in [0.05, 0.1) is 12.8 Å². The molecule has 2 unspecified atom stereocenters. The van der Waals surface area contributed by atoms with E-state index in [1.807, 2.05) is 0 Å². The lowest BCUT2D eigenvalue weighted by molar-refractivity contribution is -0.141. The molecule has 0 aromatic carbocycles. The van der Waals surface area contributed by atoms with E-state index in [2.05, 4.69) is 15.0 Å². The van der Waals surface area contributed by atoms with Gasteiger partial charge >= 0.3 is 11.9 Å². The molecule has 19 heavy (non-hydrogen) atoms. The van der Waals surface area contributed by atoms with Crippen LogP contribution < -0.4 is 5.32 Å². The number of rotatable bonds is 4. The van der Waals surface area contributed by atoms with Gasteiger partial charge < -0.3 is 15.2 Å². The van der Waals surface area contributed by atoms with E-state index in [0.29, 0.717) is 17.2 Å². The second-order valence-corrected chi connectivity index (χ2v) is 5.58. The summed E-state index contributed by atoms with van der Waals surface area (Å²) in [6.45, 7) is 1.68. The molecular weight excluding hydrogens is 268 g/mol. The lowest BCUT2D eigenvalue weighted by atomic mass is 9.91. The van der Waals surface area contributed by atoms with Gasteiger partial charge in [0.2, 0.25) is 0 Å². The third-order valence-corrected chi connectivity index (χ3v) is 4.21. The number of esters is 1. The van der Waals surface area contributed by atoms with Gasteiger partial charge in [-0.2, -0.15) is 0 Å². The molecule has 6 nitrogen and oxygen atoms in total. The van der Waals surface area contributed by atoms with Gasteiger partial charge in [0.15, 0.2) is 5.13 Å².